The van der Waals surface area contributed by atoms with Gasteiger partial charge in [0.05, 0.1) is 18.0 Å². The molecule has 0 aliphatic heterocycles. The highest BCUT2D eigenvalue weighted by Crippen LogP contribution is 2.30. The molecule has 2 nitrogen and oxygen atoms in total. The van der Waals surface area contributed by atoms with E-state index >= 15 is 0 Å². The Labute approximate surface area is 101 Å². The summed E-state index contributed by atoms with van der Waals surface area (Å²) in [6.45, 7) is 2.09. The second-order valence-corrected chi connectivity index (χ2v) is 4.72. The van der Waals surface area contributed by atoms with Crippen LogP contribution < -0.4 is 0 Å². The highest BCUT2D eigenvalue weighted by atomic mass is 14.7. The topological polar surface area (TPSA) is 36.7 Å². The zero-order valence-electron chi connectivity index (χ0n) is 9.95. The average molecular weight is 222 g/mol. The average Bonchev–Trinajstić information content (AvgIpc) is 2.77. The van der Waals surface area contributed by atoms with E-state index in [9.17, 15) is 0 Å². The zero-order valence-corrected chi connectivity index (χ0v) is 9.95. The van der Waals surface area contributed by atoms with E-state index < -0.39 is 0 Å². The van der Waals surface area contributed by atoms with E-state index in [1.807, 2.05) is 0 Å². The van der Waals surface area contributed by atoms with Crippen LogP contribution in [0.2, 0.25) is 0 Å². The Kier molecular flexibility index (Phi) is 2.33. The molecular formula is C15H14N2. The molecule has 0 radical (unpaired) electrons. The second-order valence-electron chi connectivity index (χ2n) is 4.72. The van der Waals surface area contributed by atoms with Gasteiger partial charge in [-0.25, -0.2) is 0 Å². The van der Waals surface area contributed by atoms with Gasteiger partial charge in [0.2, 0.25) is 0 Å². The summed E-state index contributed by atoms with van der Waals surface area (Å²) in [6, 6.07) is 8.62. The third kappa shape index (κ3) is 1.59. The Hall–Kier alpha value is -1.88. The van der Waals surface area contributed by atoms with Crippen molar-refractivity contribution >= 4 is 10.9 Å². The smallest absolute Gasteiger partial charge is 0.0708 e. The molecule has 0 saturated carbocycles. The van der Waals surface area contributed by atoms with Crippen molar-refractivity contribution in [2.75, 3.05) is 0 Å². The predicted octanol–water partition coefficient (Wildman–Crippen LogP) is 3.10. The molecular weight excluding hydrogens is 208 g/mol. The molecule has 0 unspecified atom stereocenters. The van der Waals surface area contributed by atoms with Gasteiger partial charge in [0.1, 0.15) is 0 Å². The lowest BCUT2D eigenvalue weighted by Gasteiger charge is -2.10. The Bertz CT molecular complexity index is 635. The molecule has 0 bridgehead atoms. The van der Waals surface area contributed by atoms with Gasteiger partial charge in [-0.15, -0.1) is 0 Å². The number of rotatable bonds is 1. The van der Waals surface area contributed by atoms with Gasteiger partial charge >= 0.3 is 0 Å². The van der Waals surface area contributed by atoms with E-state index in [0.29, 0.717) is 6.42 Å². The fourth-order valence-electron chi connectivity index (χ4n) is 2.75. The van der Waals surface area contributed by atoms with Crippen LogP contribution in [0.1, 0.15) is 28.8 Å². The van der Waals surface area contributed by atoms with Gasteiger partial charge in [0, 0.05) is 11.1 Å². The third-order valence-corrected chi connectivity index (χ3v) is 3.54. The number of hydrogen-bond donors (Lipinski definition) is 0. The zero-order chi connectivity index (χ0) is 11.8. The highest BCUT2D eigenvalue weighted by Gasteiger charge is 2.19. The van der Waals surface area contributed by atoms with Crippen LogP contribution in [0.25, 0.3) is 10.9 Å². The summed E-state index contributed by atoms with van der Waals surface area (Å²) in [4.78, 5) is 4.73. The Morgan fingerprint density at radius 1 is 1.35 bits per heavy atom. The van der Waals surface area contributed by atoms with Gasteiger partial charge < -0.3 is 0 Å². The molecule has 1 aromatic carbocycles. The van der Waals surface area contributed by atoms with Crippen LogP contribution in [0.4, 0.5) is 0 Å². The van der Waals surface area contributed by atoms with Crippen LogP contribution >= 0.6 is 0 Å². The van der Waals surface area contributed by atoms with Crippen LogP contribution in [0, 0.1) is 18.3 Å². The van der Waals surface area contributed by atoms with Gasteiger partial charge in [-0.3, -0.25) is 4.98 Å². The summed E-state index contributed by atoms with van der Waals surface area (Å²) in [5, 5.41) is 10.2. The van der Waals surface area contributed by atoms with Crippen molar-refractivity contribution in [1.82, 2.24) is 4.98 Å². The molecule has 0 atom stereocenters. The fourth-order valence-corrected chi connectivity index (χ4v) is 2.75. The maximum atomic E-state index is 9.01. The minimum absolute atomic E-state index is 0.505. The van der Waals surface area contributed by atoms with E-state index in [0.717, 1.165) is 18.4 Å². The maximum Gasteiger partial charge on any atom is 0.0708 e. The molecule has 17 heavy (non-hydrogen) atoms. The minimum atomic E-state index is 0.505. The summed E-state index contributed by atoms with van der Waals surface area (Å²) in [7, 11) is 0. The van der Waals surface area contributed by atoms with Crippen LogP contribution in [0.15, 0.2) is 18.2 Å². The maximum absolute atomic E-state index is 9.01. The largest absolute Gasteiger partial charge is 0.253 e. The lowest BCUT2D eigenvalue weighted by atomic mass is 9.98. The molecule has 1 aliphatic carbocycles. The van der Waals surface area contributed by atoms with Gasteiger partial charge in [-0.1, -0.05) is 11.6 Å². The van der Waals surface area contributed by atoms with Crippen molar-refractivity contribution < 1.29 is 0 Å². The van der Waals surface area contributed by atoms with Crippen molar-refractivity contribution in [3.63, 3.8) is 0 Å². The van der Waals surface area contributed by atoms with Crippen molar-refractivity contribution in [1.29, 1.82) is 5.26 Å². The molecule has 1 heterocycles. The molecule has 1 aromatic heterocycles. The van der Waals surface area contributed by atoms with Crippen molar-refractivity contribution in [3.8, 4) is 6.07 Å². The van der Waals surface area contributed by atoms with Crippen molar-refractivity contribution in [2.24, 2.45) is 0 Å². The molecule has 0 spiro atoms. The summed E-state index contributed by atoms with van der Waals surface area (Å²) in [5.41, 5.74) is 6.04. The van der Waals surface area contributed by atoms with E-state index in [-0.39, 0.29) is 0 Å². The number of pyridine rings is 1. The molecule has 84 valence electrons. The van der Waals surface area contributed by atoms with Gasteiger partial charge in [0.25, 0.3) is 0 Å². The van der Waals surface area contributed by atoms with Gasteiger partial charge in [-0.05, 0) is 49.4 Å². The highest BCUT2D eigenvalue weighted by molar-refractivity contribution is 5.85. The molecule has 2 aromatic rings. The number of aromatic nitrogens is 1. The van der Waals surface area contributed by atoms with Crippen LogP contribution in [0.5, 0.6) is 0 Å². The molecule has 0 amide bonds. The fraction of sp³-hybridized carbons (Fsp3) is 0.333. The van der Waals surface area contributed by atoms with Crippen molar-refractivity contribution in [3.05, 3.63) is 40.6 Å². The van der Waals surface area contributed by atoms with E-state index in [1.54, 1.807) is 0 Å². The molecule has 3 rings (SSSR count). The number of nitrogens with zero attached hydrogens (tertiary/aromatic N) is 2. The SMILES string of the molecule is Cc1ccc2nc3c(c(CC#N)c2c1)CCC3. The minimum Gasteiger partial charge on any atom is -0.253 e. The first-order chi connectivity index (χ1) is 8.29. The quantitative estimate of drug-likeness (QED) is 0.743. The first-order valence-electron chi connectivity index (χ1n) is 6.07. The number of hydrogen-bond acceptors (Lipinski definition) is 2. The third-order valence-electron chi connectivity index (χ3n) is 3.54. The molecule has 0 saturated heterocycles. The normalized spacial score (nSPS) is 13.6. The van der Waals surface area contributed by atoms with Crippen LogP contribution in [0.3, 0.4) is 0 Å². The number of fused-ring (bicyclic) bond motifs is 2. The Morgan fingerprint density at radius 2 is 2.24 bits per heavy atom. The Balaban J connectivity index is 2.37. The Morgan fingerprint density at radius 3 is 3.06 bits per heavy atom. The second kappa shape index (κ2) is 3.85. The number of aryl methyl sites for hydroxylation is 2. The lowest BCUT2D eigenvalue weighted by Crippen LogP contribution is -1.98. The first kappa shape index (κ1) is 10.3. The molecule has 0 N–H and O–H groups in total. The van der Waals surface area contributed by atoms with Gasteiger partial charge in [-0.2, -0.15) is 5.26 Å². The van der Waals surface area contributed by atoms with E-state index in [2.05, 4.69) is 31.2 Å². The number of nitriles is 1. The summed E-state index contributed by atoms with van der Waals surface area (Å²) >= 11 is 0. The van der Waals surface area contributed by atoms with E-state index in [1.165, 1.54) is 34.2 Å². The molecule has 0 fully saturated rings. The van der Waals surface area contributed by atoms with E-state index in [4.69, 9.17) is 10.2 Å². The first-order valence-corrected chi connectivity index (χ1v) is 6.07. The summed E-state index contributed by atoms with van der Waals surface area (Å²) in [6.07, 6.45) is 3.83. The van der Waals surface area contributed by atoms with Gasteiger partial charge in [0.15, 0.2) is 0 Å². The molecule has 2 heteroatoms. The molecule has 1 aliphatic rings. The van der Waals surface area contributed by atoms with Crippen molar-refractivity contribution in [2.45, 2.75) is 32.6 Å². The standard InChI is InChI=1S/C15H14N2/c1-10-5-6-15-13(9-10)11(7-8-16)12-3-2-4-14(12)17-15/h5-6,9H,2-4,7H2,1H3. The van der Waals surface area contributed by atoms with Crippen LogP contribution in [-0.2, 0) is 19.3 Å². The summed E-state index contributed by atoms with van der Waals surface area (Å²) < 4.78 is 0. The number of benzene rings is 1. The predicted molar refractivity (Wildman–Crippen MR) is 67.8 cm³/mol. The monoisotopic (exact) mass is 222 g/mol. The van der Waals surface area contributed by atoms with Crippen LogP contribution in [-0.4, -0.2) is 4.98 Å². The summed E-state index contributed by atoms with van der Waals surface area (Å²) in [5.74, 6) is 0. The lowest BCUT2D eigenvalue weighted by molar-refractivity contribution is 0.899.